The van der Waals surface area contributed by atoms with Gasteiger partial charge in [-0.1, -0.05) is 12.1 Å². The third kappa shape index (κ3) is 2.10. The van der Waals surface area contributed by atoms with E-state index in [4.69, 9.17) is 9.47 Å². The number of phenolic OH excluding ortho intramolecular Hbond substituents is 1. The number of halogens is 1. The zero-order valence-electron chi connectivity index (χ0n) is 14.8. The molecule has 2 aromatic heterocycles. The number of phenols is 1. The standard InChI is InChI=1S/C21H17NO3.BrH/c1-11-9-22-13(3)20-14(5-4-6-17(20)23)12(2)21(22)16-8-19-18(7-15(11)16)24-10-25-19;/h4-9H,10H2,1-3H3;1H. The summed E-state index contributed by atoms with van der Waals surface area (Å²) in [5.41, 5.74) is 4.45. The first kappa shape index (κ1) is 16.9. The summed E-state index contributed by atoms with van der Waals surface area (Å²) in [7, 11) is 0. The molecule has 1 aliphatic rings. The second kappa shape index (κ2) is 5.74. The highest BCUT2D eigenvalue weighted by Crippen LogP contribution is 2.39. The molecule has 0 bridgehead atoms. The maximum atomic E-state index is 10.4. The molecule has 0 atom stereocenters. The molecule has 4 aromatic rings. The molecule has 0 saturated heterocycles. The number of fused-ring (bicyclic) bond motifs is 5. The molecule has 3 heterocycles. The third-order valence-corrected chi connectivity index (χ3v) is 5.28. The van der Waals surface area contributed by atoms with Crippen molar-refractivity contribution in [3.05, 3.63) is 53.3 Å². The maximum Gasteiger partial charge on any atom is 0.231 e. The minimum absolute atomic E-state index is 0. The first-order chi connectivity index (χ1) is 12.1. The summed E-state index contributed by atoms with van der Waals surface area (Å²) < 4.78 is 13.3. The van der Waals surface area contributed by atoms with Gasteiger partial charge >= 0.3 is 0 Å². The van der Waals surface area contributed by atoms with Crippen LogP contribution in [0.5, 0.6) is 17.2 Å². The quantitative estimate of drug-likeness (QED) is 0.267. The fourth-order valence-corrected chi connectivity index (χ4v) is 4.05. The zero-order chi connectivity index (χ0) is 17.3. The molecule has 0 spiro atoms. The lowest BCUT2D eigenvalue weighted by Crippen LogP contribution is -3.00. The average Bonchev–Trinajstić information content (AvgIpc) is 3.05. The predicted octanol–water partition coefficient (Wildman–Crippen LogP) is 1.10. The minimum Gasteiger partial charge on any atom is -1.00 e. The Hall–Kier alpha value is -2.53. The summed E-state index contributed by atoms with van der Waals surface area (Å²) in [6, 6.07) is 9.84. The van der Waals surface area contributed by atoms with Gasteiger partial charge in [-0.3, -0.25) is 0 Å². The van der Waals surface area contributed by atoms with Crippen molar-refractivity contribution in [2.45, 2.75) is 20.8 Å². The Bertz CT molecular complexity index is 1220. The van der Waals surface area contributed by atoms with Gasteiger partial charge in [-0.05, 0) is 32.0 Å². The molecule has 132 valence electrons. The molecule has 4 nitrogen and oxygen atoms in total. The number of aryl methyl sites for hydroxylation is 3. The highest BCUT2D eigenvalue weighted by atomic mass is 79.9. The van der Waals surface area contributed by atoms with Crippen LogP contribution in [0.25, 0.3) is 27.1 Å². The number of aromatic hydroxyl groups is 1. The lowest BCUT2D eigenvalue weighted by molar-refractivity contribution is -0.517. The number of nitrogens with zero attached hydrogens (tertiary/aromatic N) is 1. The molecule has 0 radical (unpaired) electrons. The van der Waals surface area contributed by atoms with Crippen molar-refractivity contribution in [3.8, 4) is 17.2 Å². The molecule has 1 N–H and O–H groups in total. The highest BCUT2D eigenvalue weighted by Gasteiger charge is 2.24. The first-order valence-corrected chi connectivity index (χ1v) is 8.35. The van der Waals surface area contributed by atoms with E-state index in [-0.39, 0.29) is 23.8 Å². The van der Waals surface area contributed by atoms with Crippen LogP contribution in [0.1, 0.15) is 16.8 Å². The van der Waals surface area contributed by atoms with Crippen LogP contribution in [0.3, 0.4) is 0 Å². The van der Waals surface area contributed by atoms with Crippen LogP contribution < -0.4 is 30.9 Å². The van der Waals surface area contributed by atoms with Crippen molar-refractivity contribution in [3.63, 3.8) is 0 Å². The van der Waals surface area contributed by atoms with Gasteiger partial charge in [-0.15, -0.1) is 0 Å². The monoisotopic (exact) mass is 411 g/mol. The van der Waals surface area contributed by atoms with Gasteiger partial charge < -0.3 is 31.6 Å². The lowest BCUT2D eigenvalue weighted by atomic mass is 9.97. The van der Waals surface area contributed by atoms with E-state index in [1.165, 1.54) is 0 Å². The summed E-state index contributed by atoms with van der Waals surface area (Å²) in [6.45, 7) is 6.52. The normalized spacial score (nSPS) is 12.7. The molecule has 1 aliphatic heterocycles. The van der Waals surface area contributed by atoms with E-state index in [2.05, 4.69) is 42.6 Å². The van der Waals surface area contributed by atoms with Gasteiger partial charge in [0, 0.05) is 28.8 Å². The van der Waals surface area contributed by atoms with E-state index in [1.807, 2.05) is 13.0 Å². The van der Waals surface area contributed by atoms with E-state index in [0.717, 1.165) is 55.4 Å². The average molecular weight is 412 g/mol. The molecular formula is C21H18BrNO3. The van der Waals surface area contributed by atoms with E-state index in [1.54, 1.807) is 6.07 Å². The van der Waals surface area contributed by atoms with Crippen molar-refractivity contribution < 1.29 is 36.0 Å². The second-order valence-corrected chi connectivity index (χ2v) is 6.69. The number of ether oxygens (including phenoxy) is 2. The predicted molar refractivity (Wildman–Crippen MR) is 96.6 cm³/mol. The summed E-state index contributed by atoms with van der Waals surface area (Å²) in [5, 5.41) is 14.7. The molecule has 26 heavy (non-hydrogen) atoms. The SMILES string of the molecule is Cc1c[n+]2c(C)c3c(O)cccc3c(C)c2c2cc3c(cc12)OCO3.[Br-]. The fourth-order valence-electron chi connectivity index (χ4n) is 4.05. The van der Waals surface area contributed by atoms with E-state index < -0.39 is 0 Å². The van der Waals surface area contributed by atoms with E-state index >= 15 is 0 Å². The topological polar surface area (TPSA) is 42.8 Å². The molecule has 5 rings (SSSR count). The second-order valence-electron chi connectivity index (χ2n) is 6.69. The maximum absolute atomic E-state index is 10.4. The van der Waals surface area contributed by atoms with Crippen molar-refractivity contribution >= 4 is 27.1 Å². The van der Waals surface area contributed by atoms with Gasteiger partial charge in [0.25, 0.3) is 0 Å². The van der Waals surface area contributed by atoms with Gasteiger partial charge in [-0.25, -0.2) is 0 Å². The summed E-state index contributed by atoms with van der Waals surface area (Å²) in [4.78, 5) is 0. The summed E-state index contributed by atoms with van der Waals surface area (Å²) in [6.07, 6.45) is 2.13. The van der Waals surface area contributed by atoms with E-state index in [9.17, 15) is 5.11 Å². The smallest absolute Gasteiger partial charge is 0.231 e. The number of hydrogen-bond acceptors (Lipinski definition) is 3. The van der Waals surface area contributed by atoms with Crippen molar-refractivity contribution in [1.82, 2.24) is 0 Å². The summed E-state index contributed by atoms with van der Waals surface area (Å²) in [5.74, 6) is 1.90. The number of aromatic nitrogens is 1. The largest absolute Gasteiger partial charge is 1.00 e. The van der Waals surface area contributed by atoms with Crippen LogP contribution in [0.4, 0.5) is 0 Å². The molecule has 5 heteroatoms. The van der Waals surface area contributed by atoms with Crippen LogP contribution >= 0.6 is 0 Å². The fraction of sp³-hybridized carbons (Fsp3) is 0.190. The Kier molecular flexibility index (Phi) is 3.74. The highest BCUT2D eigenvalue weighted by molar-refractivity contribution is 6.04. The zero-order valence-corrected chi connectivity index (χ0v) is 16.3. The first-order valence-electron chi connectivity index (χ1n) is 8.35. The van der Waals surface area contributed by atoms with Crippen LogP contribution in [0, 0.1) is 20.8 Å². The van der Waals surface area contributed by atoms with Gasteiger partial charge in [0.2, 0.25) is 12.3 Å². The number of rotatable bonds is 0. The van der Waals surface area contributed by atoms with E-state index in [0.29, 0.717) is 5.75 Å². The van der Waals surface area contributed by atoms with Gasteiger partial charge in [0.1, 0.15) is 5.75 Å². The van der Waals surface area contributed by atoms with Crippen LogP contribution in [0.15, 0.2) is 36.5 Å². The van der Waals surface area contributed by atoms with Crippen LogP contribution in [-0.2, 0) is 0 Å². The minimum atomic E-state index is 0. The van der Waals surface area contributed by atoms with Gasteiger partial charge in [0.05, 0.1) is 10.8 Å². The van der Waals surface area contributed by atoms with Gasteiger partial charge in [0.15, 0.2) is 23.4 Å². The van der Waals surface area contributed by atoms with Crippen LogP contribution in [-0.4, -0.2) is 11.9 Å². The van der Waals surface area contributed by atoms with Gasteiger partial charge in [-0.2, -0.15) is 4.40 Å². The molecule has 0 unspecified atom stereocenters. The van der Waals surface area contributed by atoms with Crippen molar-refractivity contribution in [2.75, 3.05) is 6.79 Å². The molecule has 0 saturated carbocycles. The molecule has 0 aliphatic carbocycles. The Labute approximate surface area is 161 Å². The Morgan fingerprint density at radius 1 is 0.962 bits per heavy atom. The molecule has 0 amide bonds. The molecule has 0 fully saturated rings. The van der Waals surface area contributed by atoms with Crippen molar-refractivity contribution in [2.24, 2.45) is 0 Å². The van der Waals surface area contributed by atoms with Crippen molar-refractivity contribution in [1.29, 1.82) is 0 Å². The third-order valence-electron chi connectivity index (χ3n) is 5.28. The summed E-state index contributed by atoms with van der Waals surface area (Å²) >= 11 is 0. The number of benzene rings is 2. The Balaban J connectivity index is 0.00000168. The Morgan fingerprint density at radius 2 is 1.65 bits per heavy atom. The number of hydrogen-bond donors (Lipinski definition) is 1. The lowest BCUT2D eigenvalue weighted by Gasteiger charge is -2.11. The molecular weight excluding hydrogens is 394 g/mol. The number of pyridine rings is 2. The Morgan fingerprint density at radius 3 is 2.38 bits per heavy atom. The van der Waals surface area contributed by atoms with Crippen LogP contribution in [0.2, 0.25) is 0 Å². The molecule has 2 aromatic carbocycles.